The maximum atomic E-state index is 12.2. The molecule has 0 aromatic carbocycles. The molecule has 2 atom stereocenters. The fraction of sp³-hybridized carbons (Fsp3) is 0.857. The smallest absolute Gasteiger partial charge is 0.339 e. The van der Waals surface area contributed by atoms with Gasteiger partial charge in [0.25, 0.3) is 0 Å². The van der Waals surface area contributed by atoms with Crippen LogP contribution in [0.15, 0.2) is 0 Å². The van der Waals surface area contributed by atoms with Crippen LogP contribution in [0.5, 0.6) is 0 Å². The van der Waals surface area contributed by atoms with E-state index in [1.54, 1.807) is 0 Å². The summed E-state index contributed by atoms with van der Waals surface area (Å²) in [7, 11) is 0. The van der Waals surface area contributed by atoms with Crippen molar-refractivity contribution in [3.05, 3.63) is 0 Å². The maximum absolute atomic E-state index is 12.2. The molecule has 116 valence electrons. The molecule has 3 amide bonds. The summed E-state index contributed by atoms with van der Waals surface area (Å²) in [5, 5.41) is 14.0. The Morgan fingerprint density at radius 3 is 2.45 bits per heavy atom. The van der Waals surface area contributed by atoms with E-state index in [0.29, 0.717) is 12.5 Å². The van der Waals surface area contributed by atoms with Crippen molar-refractivity contribution in [1.29, 1.82) is 0 Å². The highest BCUT2D eigenvalue weighted by molar-refractivity contribution is 5.86. The maximum Gasteiger partial charge on any atom is 0.339 e. The van der Waals surface area contributed by atoms with Crippen LogP contribution in [0.3, 0.4) is 0 Å². The molecule has 1 saturated carbocycles. The van der Waals surface area contributed by atoms with Crippen molar-refractivity contribution < 1.29 is 14.8 Å². The van der Waals surface area contributed by atoms with Crippen molar-refractivity contribution in [3.63, 3.8) is 0 Å². The monoisotopic (exact) mass is 285 g/mol. The number of rotatable bonds is 6. The Morgan fingerprint density at radius 2 is 1.90 bits per heavy atom. The van der Waals surface area contributed by atoms with Crippen molar-refractivity contribution in [2.75, 3.05) is 6.54 Å². The number of amides is 3. The summed E-state index contributed by atoms with van der Waals surface area (Å²) >= 11 is 0. The Morgan fingerprint density at radius 1 is 1.25 bits per heavy atom. The highest BCUT2D eigenvalue weighted by atomic mass is 16.5. The van der Waals surface area contributed by atoms with Crippen molar-refractivity contribution in [3.8, 4) is 0 Å². The largest absolute Gasteiger partial charge is 0.354 e. The minimum absolute atomic E-state index is 0.0126. The van der Waals surface area contributed by atoms with Gasteiger partial charge in [-0.3, -0.25) is 10.0 Å². The van der Waals surface area contributed by atoms with Gasteiger partial charge in [0, 0.05) is 6.54 Å². The summed E-state index contributed by atoms with van der Waals surface area (Å²) < 4.78 is 0. The molecule has 0 bridgehead atoms. The van der Waals surface area contributed by atoms with Gasteiger partial charge in [0.15, 0.2) is 0 Å². The summed E-state index contributed by atoms with van der Waals surface area (Å²) in [6.45, 7) is 4.54. The molecule has 20 heavy (non-hydrogen) atoms. The Balaban J connectivity index is 2.47. The van der Waals surface area contributed by atoms with E-state index in [-0.39, 0.29) is 11.8 Å². The third-order valence-electron chi connectivity index (χ3n) is 4.17. The van der Waals surface area contributed by atoms with Crippen molar-refractivity contribution in [1.82, 2.24) is 16.1 Å². The molecule has 6 nitrogen and oxygen atoms in total. The Bertz CT molecular complexity index is 317. The first-order valence-electron chi connectivity index (χ1n) is 7.56. The van der Waals surface area contributed by atoms with Crippen LogP contribution in [0.4, 0.5) is 4.79 Å². The highest BCUT2D eigenvalue weighted by Gasteiger charge is 2.26. The Hall–Kier alpha value is -1.30. The normalized spacial score (nSPS) is 18.9. The van der Waals surface area contributed by atoms with Gasteiger partial charge in [0.05, 0.1) is 0 Å². The average molecular weight is 285 g/mol. The first kappa shape index (κ1) is 16.8. The van der Waals surface area contributed by atoms with Crippen LogP contribution in [0.25, 0.3) is 0 Å². The number of carbonyl (C=O) groups excluding carboxylic acids is 2. The van der Waals surface area contributed by atoms with E-state index in [4.69, 9.17) is 5.21 Å². The summed E-state index contributed by atoms with van der Waals surface area (Å²) in [6, 6.07) is -1.36. The molecular weight excluding hydrogens is 258 g/mol. The van der Waals surface area contributed by atoms with E-state index in [1.807, 2.05) is 13.8 Å². The number of hydrogen-bond acceptors (Lipinski definition) is 3. The van der Waals surface area contributed by atoms with Crippen LogP contribution >= 0.6 is 0 Å². The van der Waals surface area contributed by atoms with E-state index < -0.39 is 12.1 Å². The molecule has 0 aromatic rings. The lowest BCUT2D eigenvalue weighted by atomic mass is 9.89. The quantitative estimate of drug-likeness (QED) is 0.443. The third-order valence-corrected chi connectivity index (χ3v) is 4.17. The highest BCUT2D eigenvalue weighted by Crippen LogP contribution is 2.22. The van der Waals surface area contributed by atoms with Gasteiger partial charge in [-0.25, -0.2) is 10.3 Å². The molecule has 4 N–H and O–H groups in total. The summed E-state index contributed by atoms with van der Waals surface area (Å²) in [5.41, 5.74) is 1.50. The number of carbonyl (C=O) groups is 2. The molecule has 1 aliphatic rings. The molecule has 0 radical (unpaired) electrons. The van der Waals surface area contributed by atoms with Gasteiger partial charge in [0.1, 0.15) is 6.04 Å². The second kappa shape index (κ2) is 8.79. The van der Waals surface area contributed by atoms with Crippen LogP contribution in [-0.2, 0) is 4.79 Å². The number of urea groups is 1. The number of hydroxylamine groups is 1. The van der Waals surface area contributed by atoms with Crippen LogP contribution in [0.1, 0.15) is 52.4 Å². The van der Waals surface area contributed by atoms with Crippen molar-refractivity contribution in [2.24, 2.45) is 11.8 Å². The van der Waals surface area contributed by atoms with Gasteiger partial charge in [-0.05, 0) is 24.7 Å². The predicted octanol–water partition coefficient (Wildman–Crippen LogP) is 1.79. The molecule has 2 unspecified atom stereocenters. The van der Waals surface area contributed by atoms with Crippen LogP contribution < -0.4 is 16.1 Å². The standard InChI is InChI=1S/C14H27N3O3/c1-3-10(2)12(16-14(19)17-20)13(18)15-9-11-7-5-4-6-8-11/h10-12,20H,3-9H2,1-2H3,(H,15,18)(H2,16,17,19). The molecule has 1 rings (SSSR count). The predicted molar refractivity (Wildman–Crippen MR) is 76.3 cm³/mol. The summed E-state index contributed by atoms with van der Waals surface area (Å²) in [4.78, 5) is 23.4. The molecule has 0 aromatic heterocycles. The average Bonchev–Trinajstić information content (AvgIpc) is 2.50. The zero-order chi connectivity index (χ0) is 15.0. The fourth-order valence-corrected chi connectivity index (χ4v) is 2.62. The topological polar surface area (TPSA) is 90.5 Å². The van der Waals surface area contributed by atoms with Crippen LogP contribution in [0.2, 0.25) is 0 Å². The lowest BCUT2D eigenvalue weighted by Crippen LogP contribution is -2.53. The second-order valence-corrected chi connectivity index (χ2v) is 5.70. The van der Waals surface area contributed by atoms with E-state index in [9.17, 15) is 9.59 Å². The van der Waals surface area contributed by atoms with Crippen molar-refractivity contribution >= 4 is 11.9 Å². The first-order chi connectivity index (χ1) is 9.58. The van der Waals surface area contributed by atoms with Crippen LogP contribution in [0, 0.1) is 11.8 Å². The van der Waals surface area contributed by atoms with Gasteiger partial charge in [-0.2, -0.15) is 0 Å². The Kier molecular flexibility index (Phi) is 7.36. The molecule has 0 spiro atoms. The summed E-state index contributed by atoms with van der Waals surface area (Å²) in [6.07, 6.45) is 6.87. The molecule has 0 aliphatic heterocycles. The van der Waals surface area contributed by atoms with Gasteiger partial charge in [-0.15, -0.1) is 0 Å². The lowest BCUT2D eigenvalue weighted by Gasteiger charge is -2.26. The Labute approximate surface area is 120 Å². The first-order valence-corrected chi connectivity index (χ1v) is 7.56. The molecule has 0 heterocycles. The molecular formula is C14H27N3O3. The SMILES string of the molecule is CCC(C)C(NC(=O)NO)C(=O)NCC1CCCCC1. The van der Waals surface area contributed by atoms with Gasteiger partial charge in [0.2, 0.25) is 5.91 Å². The minimum atomic E-state index is -0.747. The molecule has 1 aliphatic carbocycles. The molecule has 6 heteroatoms. The minimum Gasteiger partial charge on any atom is -0.354 e. The van der Waals surface area contributed by atoms with Crippen molar-refractivity contribution in [2.45, 2.75) is 58.4 Å². The van der Waals surface area contributed by atoms with E-state index in [1.165, 1.54) is 37.6 Å². The number of nitrogens with one attached hydrogen (secondary N) is 3. The fourth-order valence-electron chi connectivity index (χ4n) is 2.62. The van der Waals surface area contributed by atoms with E-state index in [2.05, 4.69) is 10.6 Å². The third kappa shape index (κ3) is 5.36. The lowest BCUT2D eigenvalue weighted by molar-refractivity contribution is -0.124. The van der Waals surface area contributed by atoms with E-state index >= 15 is 0 Å². The zero-order valence-electron chi connectivity index (χ0n) is 12.4. The second-order valence-electron chi connectivity index (χ2n) is 5.70. The van der Waals surface area contributed by atoms with Gasteiger partial charge < -0.3 is 10.6 Å². The molecule has 1 fully saturated rings. The molecule has 0 saturated heterocycles. The van der Waals surface area contributed by atoms with E-state index in [0.717, 1.165) is 6.42 Å². The summed E-state index contributed by atoms with van der Waals surface area (Å²) in [5.74, 6) is 0.393. The van der Waals surface area contributed by atoms with Crippen LogP contribution in [-0.4, -0.2) is 29.7 Å². The zero-order valence-corrected chi connectivity index (χ0v) is 12.4. The van der Waals surface area contributed by atoms with Gasteiger partial charge >= 0.3 is 6.03 Å². The number of hydrogen-bond donors (Lipinski definition) is 4. The van der Waals surface area contributed by atoms with Gasteiger partial charge in [-0.1, -0.05) is 39.5 Å².